The fourth-order valence-electron chi connectivity index (χ4n) is 2.36. The highest BCUT2D eigenvalue weighted by molar-refractivity contribution is 5.88. The van der Waals surface area contributed by atoms with Crippen molar-refractivity contribution in [3.05, 3.63) is 0 Å². The first-order valence-corrected chi connectivity index (χ1v) is 6.37. The number of nitrogens with one attached hydrogen (secondary N) is 1. The molecule has 1 unspecified atom stereocenters. The van der Waals surface area contributed by atoms with Crippen molar-refractivity contribution >= 4 is 17.8 Å². The number of carboxylic acid groups (broad SMARTS) is 1. The lowest BCUT2D eigenvalue weighted by atomic mass is 9.94. The predicted octanol–water partition coefficient (Wildman–Crippen LogP) is -0.837. The predicted molar refractivity (Wildman–Crippen MR) is 68.2 cm³/mol. The van der Waals surface area contributed by atoms with Crippen LogP contribution in [-0.4, -0.2) is 54.0 Å². The third-order valence-corrected chi connectivity index (χ3v) is 3.23. The number of piperidine rings is 1. The number of carboxylic acids is 1. The van der Waals surface area contributed by atoms with E-state index in [-0.39, 0.29) is 24.7 Å². The number of rotatable bonds is 6. The second-order valence-corrected chi connectivity index (χ2v) is 5.10. The molecule has 4 N–H and O–H groups in total. The van der Waals surface area contributed by atoms with Crippen LogP contribution in [0.5, 0.6) is 0 Å². The molecule has 1 heterocycles. The molecule has 0 aromatic rings. The minimum Gasteiger partial charge on any atom is -0.480 e. The number of hydrogen-bond acceptors (Lipinski definition) is 4. The number of nitrogens with zero attached hydrogens (tertiary/aromatic N) is 1. The first kappa shape index (κ1) is 15.4. The standard InChI is InChI=1S/C12H21N3O4/c1-15-4-2-3-8(7-15)5-11(17)14-9(12(18)19)6-10(13)16/h8-9H,2-7H2,1H3,(H2,13,16)(H,14,17)(H,18,19)/t8?,9-/m0/s1. The second kappa shape index (κ2) is 7.08. The minimum absolute atomic E-state index is 0.238. The summed E-state index contributed by atoms with van der Waals surface area (Å²) in [7, 11) is 2.00. The summed E-state index contributed by atoms with van der Waals surface area (Å²) >= 11 is 0. The van der Waals surface area contributed by atoms with E-state index in [1.165, 1.54) is 0 Å². The maximum Gasteiger partial charge on any atom is 0.326 e. The molecule has 108 valence electrons. The monoisotopic (exact) mass is 271 g/mol. The molecule has 1 fully saturated rings. The van der Waals surface area contributed by atoms with Gasteiger partial charge in [-0.25, -0.2) is 4.79 Å². The van der Waals surface area contributed by atoms with Crippen molar-refractivity contribution in [2.75, 3.05) is 20.1 Å². The van der Waals surface area contributed by atoms with Gasteiger partial charge in [0.2, 0.25) is 11.8 Å². The van der Waals surface area contributed by atoms with Gasteiger partial charge >= 0.3 is 5.97 Å². The highest BCUT2D eigenvalue weighted by Crippen LogP contribution is 2.18. The van der Waals surface area contributed by atoms with Gasteiger partial charge in [0.1, 0.15) is 6.04 Å². The van der Waals surface area contributed by atoms with Crippen LogP contribution in [0.1, 0.15) is 25.7 Å². The Bertz CT molecular complexity index is 359. The van der Waals surface area contributed by atoms with Crippen molar-refractivity contribution in [2.45, 2.75) is 31.7 Å². The first-order chi connectivity index (χ1) is 8.88. The first-order valence-electron chi connectivity index (χ1n) is 6.37. The van der Waals surface area contributed by atoms with Gasteiger partial charge in [0.15, 0.2) is 0 Å². The smallest absolute Gasteiger partial charge is 0.326 e. The number of aliphatic carboxylic acids is 1. The molecule has 19 heavy (non-hydrogen) atoms. The summed E-state index contributed by atoms with van der Waals surface area (Å²) in [5, 5.41) is 11.2. The lowest BCUT2D eigenvalue weighted by Gasteiger charge is -2.29. The van der Waals surface area contributed by atoms with Gasteiger partial charge in [-0.2, -0.15) is 0 Å². The Kier molecular flexibility index (Phi) is 5.75. The quantitative estimate of drug-likeness (QED) is 0.583. The average molecular weight is 271 g/mol. The van der Waals surface area contributed by atoms with Crippen LogP contribution in [0, 0.1) is 5.92 Å². The molecule has 0 aliphatic carbocycles. The van der Waals surface area contributed by atoms with E-state index in [1.807, 2.05) is 7.05 Å². The van der Waals surface area contributed by atoms with Gasteiger partial charge in [-0.1, -0.05) is 0 Å². The van der Waals surface area contributed by atoms with E-state index in [9.17, 15) is 14.4 Å². The lowest BCUT2D eigenvalue weighted by Crippen LogP contribution is -2.44. The molecular formula is C12H21N3O4. The third-order valence-electron chi connectivity index (χ3n) is 3.23. The van der Waals surface area contributed by atoms with Crippen LogP contribution in [-0.2, 0) is 14.4 Å². The summed E-state index contributed by atoms with van der Waals surface area (Å²) < 4.78 is 0. The Balaban J connectivity index is 2.43. The van der Waals surface area contributed by atoms with E-state index in [4.69, 9.17) is 10.8 Å². The second-order valence-electron chi connectivity index (χ2n) is 5.10. The van der Waals surface area contributed by atoms with Crippen molar-refractivity contribution in [3.63, 3.8) is 0 Å². The molecule has 1 saturated heterocycles. The molecule has 7 heteroatoms. The number of likely N-dealkylation sites (tertiary alicyclic amines) is 1. The molecule has 0 spiro atoms. The van der Waals surface area contributed by atoms with Gasteiger partial charge in [0.05, 0.1) is 6.42 Å². The normalized spacial score (nSPS) is 21.6. The van der Waals surface area contributed by atoms with Crippen molar-refractivity contribution in [1.82, 2.24) is 10.2 Å². The van der Waals surface area contributed by atoms with Crippen LogP contribution >= 0.6 is 0 Å². The molecule has 2 atom stereocenters. The lowest BCUT2D eigenvalue weighted by molar-refractivity contribution is -0.143. The molecule has 0 saturated carbocycles. The average Bonchev–Trinajstić information content (AvgIpc) is 2.27. The van der Waals surface area contributed by atoms with Crippen LogP contribution in [0.15, 0.2) is 0 Å². The summed E-state index contributed by atoms with van der Waals surface area (Å²) in [6.07, 6.45) is 1.90. The molecule has 0 aromatic heterocycles. The zero-order valence-corrected chi connectivity index (χ0v) is 11.1. The number of hydrogen-bond donors (Lipinski definition) is 3. The van der Waals surface area contributed by atoms with Gasteiger partial charge in [-0.3, -0.25) is 9.59 Å². The highest BCUT2D eigenvalue weighted by atomic mass is 16.4. The number of nitrogens with two attached hydrogens (primary N) is 1. The molecule has 0 aromatic carbocycles. The van der Waals surface area contributed by atoms with Gasteiger partial charge in [-0.05, 0) is 32.4 Å². The third kappa shape index (κ3) is 5.69. The summed E-state index contributed by atoms with van der Waals surface area (Å²) in [5.41, 5.74) is 4.95. The van der Waals surface area contributed by atoms with Gasteiger partial charge in [0.25, 0.3) is 0 Å². The van der Waals surface area contributed by atoms with E-state index < -0.39 is 17.9 Å². The van der Waals surface area contributed by atoms with Gasteiger partial charge in [-0.15, -0.1) is 0 Å². The van der Waals surface area contributed by atoms with E-state index in [2.05, 4.69) is 10.2 Å². The summed E-state index contributed by atoms with van der Waals surface area (Å²) in [6.45, 7) is 1.86. The molecular weight excluding hydrogens is 250 g/mol. The topological polar surface area (TPSA) is 113 Å². The van der Waals surface area contributed by atoms with Crippen molar-refractivity contribution in [3.8, 4) is 0 Å². The van der Waals surface area contributed by atoms with E-state index >= 15 is 0 Å². The molecule has 2 amide bonds. The number of amides is 2. The Morgan fingerprint density at radius 1 is 1.47 bits per heavy atom. The molecule has 1 rings (SSSR count). The van der Waals surface area contributed by atoms with Crippen LogP contribution in [0.4, 0.5) is 0 Å². The van der Waals surface area contributed by atoms with Gasteiger partial charge in [0, 0.05) is 13.0 Å². The van der Waals surface area contributed by atoms with Crippen molar-refractivity contribution in [1.29, 1.82) is 0 Å². The Hall–Kier alpha value is -1.63. The van der Waals surface area contributed by atoms with Crippen molar-refractivity contribution < 1.29 is 19.5 Å². The molecule has 0 bridgehead atoms. The summed E-state index contributed by atoms with van der Waals surface area (Å²) in [4.78, 5) is 35.5. The maximum atomic E-state index is 11.8. The van der Waals surface area contributed by atoms with E-state index in [0.717, 1.165) is 25.9 Å². The largest absolute Gasteiger partial charge is 0.480 e. The Morgan fingerprint density at radius 2 is 2.16 bits per heavy atom. The zero-order valence-electron chi connectivity index (χ0n) is 11.1. The fraction of sp³-hybridized carbons (Fsp3) is 0.750. The fourth-order valence-corrected chi connectivity index (χ4v) is 2.36. The van der Waals surface area contributed by atoms with Crippen LogP contribution in [0.3, 0.4) is 0 Å². The molecule has 1 aliphatic heterocycles. The minimum atomic E-state index is -1.24. The molecule has 0 radical (unpaired) electrons. The van der Waals surface area contributed by atoms with E-state index in [0.29, 0.717) is 0 Å². The van der Waals surface area contributed by atoms with Crippen LogP contribution in [0.2, 0.25) is 0 Å². The SMILES string of the molecule is CN1CCCC(CC(=O)N[C@@H](CC(N)=O)C(=O)O)C1. The molecule has 7 nitrogen and oxygen atoms in total. The molecule has 1 aliphatic rings. The van der Waals surface area contributed by atoms with Gasteiger partial charge < -0.3 is 21.1 Å². The summed E-state index contributed by atoms with van der Waals surface area (Å²) in [6, 6.07) is -1.23. The highest BCUT2D eigenvalue weighted by Gasteiger charge is 2.25. The summed E-state index contributed by atoms with van der Waals surface area (Å²) in [5.74, 6) is -2.09. The van der Waals surface area contributed by atoms with Crippen LogP contribution < -0.4 is 11.1 Å². The van der Waals surface area contributed by atoms with Crippen LogP contribution in [0.25, 0.3) is 0 Å². The van der Waals surface area contributed by atoms with Crippen molar-refractivity contribution in [2.24, 2.45) is 11.7 Å². The zero-order chi connectivity index (χ0) is 14.4. The number of carbonyl (C=O) groups excluding carboxylic acids is 2. The Morgan fingerprint density at radius 3 is 2.68 bits per heavy atom. The number of primary amides is 1. The number of carbonyl (C=O) groups is 3. The van der Waals surface area contributed by atoms with E-state index in [1.54, 1.807) is 0 Å². The maximum absolute atomic E-state index is 11.8. The Labute approximate surface area is 112 Å².